The Balaban J connectivity index is 1.41. The number of rotatable bonds is 8. The van der Waals surface area contributed by atoms with Gasteiger partial charge in [-0.1, -0.05) is 19.9 Å². The number of anilines is 1. The smallest absolute Gasteiger partial charge is 0.227 e. The Morgan fingerprint density at radius 2 is 1.84 bits per heavy atom. The molecule has 3 aromatic heterocycles. The van der Waals surface area contributed by atoms with Gasteiger partial charge in [-0.05, 0) is 54.7 Å². The molecule has 5 rings (SSSR count). The quantitative estimate of drug-likeness (QED) is 0.328. The van der Waals surface area contributed by atoms with Crippen molar-refractivity contribution in [1.29, 1.82) is 0 Å². The van der Waals surface area contributed by atoms with Crippen LogP contribution in [0.25, 0.3) is 11.2 Å². The molecule has 194 valence electrons. The third-order valence-electron chi connectivity index (χ3n) is 7.06. The number of nitrogens with zero attached hydrogens (tertiary/aromatic N) is 6. The van der Waals surface area contributed by atoms with Crippen LogP contribution >= 0.6 is 0 Å². The van der Waals surface area contributed by atoms with Gasteiger partial charge in [-0.25, -0.2) is 9.97 Å². The van der Waals surface area contributed by atoms with Crippen molar-refractivity contribution in [1.82, 2.24) is 24.5 Å². The molecular formula is C29H36N6O2. The lowest BCUT2D eigenvalue weighted by Crippen LogP contribution is -2.39. The molecule has 1 saturated heterocycles. The standard InChI is InChI=1S/C29H36N6O2/c1-6-36-26-15-20(4)21(16-24(26)19(2)3)17-25-27-28(31-18-34(27)5)33-29(32-25)35-13-9-23(10-14-35)37-22-7-11-30-12-8-22/h7-8,11-12,15-16,18-19,23H,6,9-10,13-14,17H2,1-5H3. The first-order valence-electron chi connectivity index (χ1n) is 13.2. The van der Waals surface area contributed by atoms with Crippen LogP contribution in [0.15, 0.2) is 43.0 Å². The van der Waals surface area contributed by atoms with Gasteiger partial charge in [-0.15, -0.1) is 0 Å². The topological polar surface area (TPSA) is 78.2 Å². The van der Waals surface area contributed by atoms with Crippen LogP contribution in [-0.4, -0.2) is 50.3 Å². The number of ether oxygens (including phenoxy) is 2. The largest absolute Gasteiger partial charge is 0.494 e. The molecule has 0 atom stereocenters. The van der Waals surface area contributed by atoms with Crippen LogP contribution in [0.1, 0.15) is 61.9 Å². The number of fused-ring (bicyclic) bond motifs is 1. The highest BCUT2D eigenvalue weighted by molar-refractivity contribution is 5.75. The Bertz CT molecular complexity index is 1360. The molecule has 4 heterocycles. The summed E-state index contributed by atoms with van der Waals surface area (Å²) in [5, 5.41) is 0. The number of hydrogen-bond acceptors (Lipinski definition) is 7. The van der Waals surface area contributed by atoms with E-state index in [0.29, 0.717) is 18.9 Å². The molecule has 37 heavy (non-hydrogen) atoms. The molecule has 1 fully saturated rings. The van der Waals surface area contributed by atoms with Crippen molar-refractivity contribution >= 4 is 17.1 Å². The summed E-state index contributed by atoms with van der Waals surface area (Å²) in [5.41, 5.74) is 6.41. The van der Waals surface area contributed by atoms with E-state index in [4.69, 9.17) is 19.4 Å². The molecule has 0 unspecified atom stereocenters. The van der Waals surface area contributed by atoms with Crippen molar-refractivity contribution in [2.45, 2.75) is 59.0 Å². The molecule has 1 aliphatic heterocycles. The van der Waals surface area contributed by atoms with Crippen molar-refractivity contribution in [3.63, 3.8) is 0 Å². The monoisotopic (exact) mass is 500 g/mol. The number of piperidine rings is 1. The third kappa shape index (κ3) is 5.38. The fraction of sp³-hybridized carbons (Fsp3) is 0.448. The lowest BCUT2D eigenvalue weighted by atomic mass is 9.94. The van der Waals surface area contributed by atoms with Crippen LogP contribution in [0.5, 0.6) is 11.5 Å². The summed E-state index contributed by atoms with van der Waals surface area (Å²) < 4.78 is 14.1. The van der Waals surface area contributed by atoms with Gasteiger partial charge in [0.25, 0.3) is 0 Å². The van der Waals surface area contributed by atoms with Gasteiger partial charge in [0.05, 0.1) is 18.6 Å². The lowest BCUT2D eigenvalue weighted by Gasteiger charge is -2.32. The Kier molecular flexibility index (Phi) is 7.26. The van der Waals surface area contributed by atoms with E-state index in [1.54, 1.807) is 12.4 Å². The lowest BCUT2D eigenvalue weighted by molar-refractivity contribution is 0.170. The Hall–Kier alpha value is -3.68. The fourth-order valence-electron chi connectivity index (χ4n) is 5.02. The van der Waals surface area contributed by atoms with Gasteiger partial charge in [-0.2, -0.15) is 4.98 Å². The van der Waals surface area contributed by atoms with E-state index in [0.717, 1.165) is 60.2 Å². The molecule has 4 aromatic rings. The molecular weight excluding hydrogens is 464 g/mol. The van der Waals surface area contributed by atoms with Crippen LogP contribution in [0.4, 0.5) is 5.95 Å². The Labute approximate surface area is 218 Å². The summed E-state index contributed by atoms with van der Waals surface area (Å²) in [7, 11) is 2.01. The zero-order valence-corrected chi connectivity index (χ0v) is 22.4. The summed E-state index contributed by atoms with van der Waals surface area (Å²) in [6.45, 7) is 10.9. The molecule has 0 aliphatic carbocycles. The van der Waals surface area contributed by atoms with E-state index >= 15 is 0 Å². The van der Waals surface area contributed by atoms with Gasteiger partial charge in [0.1, 0.15) is 23.1 Å². The SMILES string of the molecule is CCOc1cc(C)c(Cc2nc(N3CCC(Oc4ccncc4)CC3)nc3ncn(C)c23)cc1C(C)C. The van der Waals surface area contributed by atoms with E-state index in [9.17, 15) is 0 Å². The molecule has 0 radical (unpaired) electrons. The molecule has 8 heteroatoms. The van der Waals surface area contributed by atoms with Crippen LogP contribution in [0.2, 0.25) is 0 Å². The predicted octanol–water partition coefficient (Wildman–Crippen LogP) is 5.23. The molecule has 8 nitrogen and oxygen atoms in total. The number of aryl methyl sites for hydroxylation is 2. The average Bonchev–Trinajstić information content (AvgIpc) is 3.27. The third-order valence-corrected chi connectivity index (χ3v) is 7.06. The van der Waals surface area contributed by atoms with Crippen molar-refractivity contribution < 1.29 is 9.47 Å². The molecule has 0 saturated carbocycles. The van der Waals surface area contributed by atoms with Crippen LogP contribution < -0.4 is 14.4 Å². The highest BCUT2D eigenvalue weighted by Gasteiger charge is 2.24. The summed E-state index contributed by atoms with van der Waals surface area (Å²) in [5.74, 6) is 2.96. The molecule has 1 aliphatic rings. The predicted molar refractivity (Wildman–Crippen MR) is 146 cm³/mol. The number of hydrogen-bond donors (Lipinski definition) is 0. The minimum atomic E-state index is 0.178. The van der Waals surface area contributed by atoms with Crippen molar-refractivity contribution in [2.75, 3.05) is 24.6 Å². The first-order chi connectivity index (χ1) is 17.9. The zero-order chi connectivity index (χ0) is 25.9. The first kappa shape index (κ1) is 25.0. The second kappa shape index (κ2) is 10.7. The van der Waals surface area contributed by atoms with E-state index in [1.807, 2.05) is 37.0 Å². The number of aromatic nitrogens is 5. The normalized spacial score (nSPS) is 14.5. The Morgan fingerprint density at radius 1 is 1.08 bits per heavy atom. The molecule has 0 amide bonds. The number of pyridine rings is 1. The summed E-state index contributed by atoms with van der Waals surface area (Å²) in [4.78, 5) is 20.9. The van der Waals surface area contributed by atoms with Gasteiger partial charge in [0.2, 0.25) is 5.95 Å². The summed E-state index contributed by atoms with van der Waals surface area (Å²) >= 11 is 0. The minimum absolute atomic E-state index is 0.178. The van der Waals surface area contributed by atoms with E-state index in [2.05, 4.69) is 47.8 Å². The molecule has 0 bridgehead atoms. The molecule has 0 spiro atoms. The van der Waals surface area contributed by atoms with Crippen LogP contribution in [0.3, 0.4) is 0 Å². The van der Waals surface area contributed by atoms with Gasteiger partial charge in [0.15, 0.2) is 5.65 Å². The molecule has 0 N–H and O–H groups in total. The highest BCUT2D eigenvalue weighted by atomic mass is 16.5. The maximum Gasteiger partial charge on any atom is 0.227 e. The second-order valence-electron chi connectivity index (χ2n) is 10.1. The Morgan fingerprint density at radius 3 is 2.54 bits per heavy atom. The maximum absolute atomic E-state index is 6.15. The van der Waals surface area contributed by atoms with E-state index in [-0.39, 0.29) is 6.10 Å². The fourth-order valence-corrected chi connectivity index (χ4v) is 5.02. The van der Waals surface area contributed by atoms with E-state index in [1.165, 1.54) is 16.7 Å². The number of imidazole rings is 1. The summed E-state index contributed by atoms with van der Waals surface area (Å²) in [6.07, 6.45) is 8.07. The zero-order valence-electron chi connectivity index (χ0n) is 22.4. The summed E-state index contributed by atoms with van der Waals surface area (Å²) in [6, 6.07) is 8.27. The van der Waals surface area contributed by atoms with Gasteiger partial charge < -0.3 is 18.9 Å². The molecule has 1 aromatic carbocycles. The van der Waals surface area contributed by atoms with Crippen molar-refractivity contribution in [2.24, 2.45) is 7.05 Å². The minimum Gasteiger partial charge on any atom is -0.494 e. The van der Waals surface area contributed by atoms with Crippen LogP contribution in [-0.2, 0) is 13.5 Å². The average molecular weight is 501 g/mol. The van der Waals surface area contributed by atoms with Crippen molar-refractivity contribution in [3.8, 4) is 11.5 Å². The van der Waals surface area contributed by atoms with Gasteiger partial charge in [0, 0.05) is 51.8 Å². The van der Waals surface area contributed by atoms with Gasteiger partial charge >= 0.3 is 0 Å². The second-order valence-corrected chi connectivity index (χ2v) is 10.1. The first-order valence-corrected chi connectivity index (χ1v) is 13.2. The maximum atomic E-state index is 6.15. The highest BCUT2D eigenvalue weighted by Crippen LogP contribution is 2.32. The van der Waals surface area contributed by atoms with Crippen LogP contribution in [0, 0.1) is 6.92 Å². The van der Waals surface area contributed by atoms with Gasteiger partial charge in [-0.3, -0.25) is 4.98 Å². The number of benzene rings is 1. The van der Waals surface area contributed by atoms with E-state index < -0.39 is 0 Å². The van der Waals surface area contributed by atoms with Crippen molar-refractivity contribution in [3.05, 3.63) is 65.4 Å².